The van der Waals surface area contributed by atoms with Crippen LogP contribution in [-0.2, 0) is 16.6 Å². The fourth-order valence-corrected chi connectivity index (χ4v) is 3.47. The first-order valence-corrected chi connectivity index (χ1v) is 8.74. The molecule has 1 rings (SSSR count). The van der Waals surface area contributed by atoms with Crippen LogP contribution >= 0.6 is 27.3 Å². The van der Waals surface area contributed by atoms with Gasteiger partial charge in [0.1, 0.15) is 0 Å². The summed E-state index contributed by atoms with van der Waals surface area (Å²) in [5.41, 5.74) is 0. The molecule has 0 radical (unpaired) electrons. The van der Waals surface area contributed by atoms with Crippen LogP contribution in [-0.4, -0.2) is 39.7 Å². The number of nitrogens with one attached hydrogen (secondary N) is 1. The quantitative estimate of drug-likeness (QED) is 0.771. The largest absolute Gasteiger partial charge is 0.301 e. The molecule has 1 N–H and O–H groups in total. The summed E-state index contributed by atoms with van der Waals surface area (Å²) >= 11 is 5.15. The van der Waals surface area contributed by atoms with E-state index in [4.69, 9.17) is 0 Å². The highest BCUT2D eigenvalue weighted by Gasteiger charge is 2.04. The van der Waals surface area contributed by atoms with E-state index in [0.29, 0.717) is 6.54 Å². The SMILES string of the molecule is CN(CCCNS(C)(=O)=O)Cc1ccc(Br)s1. The Morgan fingerprint density at radius 1 is 1.47 bits per heavy atom. The van der Waals surface area contributed by atoms with Gasteiger partial charge in [0.05, 0.1) is 10.0 Å². The van der Waals surface area contributed by atoms with Crippen molar-refractivity contribution in [1.29, 1.82) is 0 Å². The lowest BCUT2D eigenvalue weighted by Crippen LogP contribution is -2.27. The first-order chi connectivity index (χ1) is 7.87. The maximum Gasteiger partial charge on any atom is 0.208 e. The highest BCUT2D eigenvalue weighted by Crippen LogP contribution is 2.22. The van der Waals surface area contributed by atoms with E-state index < -0.39 is 10.0 Å². The standard InChI is InChI=1S/C10H17BrN2O2S2/c1-13(7-3-6-12-17(2,14)15)8-9-4-5-10(11)16-9/h4-5,12H,3,6-8H2,1-2H3. The van der Waals surface area contributed by atoms with E-state index in [9.17, 15) is 8.42 Å². The van der Waals surface area contributed by atoms with Crippen LogP contribution in [0.3, 0.4) is 0 Å². The molecule has 0 spiro atoms. The number of sulfonamides is 1. The third-order valence-electron chi connectivity index (χ3n) is 2.14. The third kappa shape index (κ3) is 7.15. The molecule has 98 valence electrons. The number of thiophene rings is 1. The molecule has 0 aliphatic carbocycles. The van der Waals surface area contributed by atoms with Gasteiger partial charge in [-0.25, -0.2) is 13.1 Å². The Kier molecular flexibility index (Phi) is 6.08. The molecule has 0 saturated heterocycles. The topological polar surface area (TPSA) is 49.4 Å². The number of nitrogens with zero attached hydrogens (tertiary/aromatic N) is 1. The van der Waals surface area contributed by atoms with Crippen LogP contribution in [0.25, 0.3) is 0 Å². The number of hydrogen-bond donors (Lipinski definition) is 1. The van der Waals surface area contributed by atoms with Crippen molar-refractivity contribution in [2.75, 3.05) is 26.4 Å². The van der Waals surface area contributed by atoms with Crippen LogP contribution in [0.4, 0.5) is 0 Å². The summed E-state index contributed by atoms with van der Waals surface area (Å²) in [6.45, 7) is 2.27. The molecule has 0 amide bonds. The van der Waals surface area contributed by atoms with Crippen molar-refractivity contribution in [3.8, 4) is 0 Å². The molecule has 0 unspecified atom stereocenters. The Morgan fingerprint density at radius 3 is 2.71 bits per heavy atom. The second-order valence-electron chi connectivity index (χ2n) is 3.96. The molecule has 4 nitrogen and oxygen atoms in total. The van der Waals surface area contributed by atoms with E-state index in [1.807, 2.05) is 13.1 Å². The number of hydrogen-bond acceptors (Lipinski definition) is 4. The normalized spacial score (nSPS) is 12.2. The average molecular weight is 341 g/mol. The maximum absolute atomic E-state index is 10.8. The molecule has 0 aliphatic rings. The van der Waals surface area contributed by atoms with E-state index in [1.165, 1.54) is 11.1 Å². The van der Waals surface area contributed by atoms with Gasteiger partial charge in [-0.3, -0.25) is 0 Å². The van der Waals surface area contributed by atoms with Crippen LogP contribution in [0.5, 0.6) is 0 Å². The lowest BCUT2D eigenvalue weighted by atomic mass is 10.3. The Morgan fingerprint density at radius 2 is 2.18 bits per heavy atom. The molecule has 0 atom stereocenters. The summed E-state index contributed by atoms with van der Waals surface area (Å²) in [6, 6.07) is 4.14. The van der Waals surface area contributed by atoms with E-state index in [-0.39, 0.29) is 0 Å². The van der Waals surface area contributed by atoms with E-state index in [1.54, 1.807) is 11.3 Å². The third-order valence-corrected chi connectivity index (χ3v) is 4.47. The van der Waals surface area contributed by atoms with Crippen LogP contribution < -0.4 is 4.72 Å². The average Bonchev–Trinajstić information content (AvgIpc) is 2.57. The number of rotatable bonds is 7. The van der Waals surface area contributed by atoms with Crippen molar-refractivity contribution in [3.05, 3.63) is 20.8 Å². The van der Waals surface area contributed by atoms with Gasteiger partial charge in [0, 0.05) is 18.0 Å². The summed E-state index contributed by atoms with van der Waals surface area (Å²) in [5.74, 6) is 0. The predicted molar refractivity (Wildman–Crippen MR) is 75.8 cm³/mol. The molecule has 1 aromatic heterocycles. The molecule has 1 aromatic rings. The highest BCUT2D eigenvalue weighted by molar-refractivity contribution is 9.11. The summed E-state index contributed by atoms with van der Waals surface area (Å²) in [6.07, 6.45) is 2.00. The van der Waals surface area contributed by atoms with Crippen molar-refractivity contribution in [2.24, 2.45) is 0 Å². The Labute approximate surface area is 115 Å². The summed E-state index contributed by atoms with van der Waals surface area (Å²) < 4.78 is 25.3. The van der Waals surface area contributed by atoms with Gasteiger partial charge in [-0.15, -0.1) is 11.3 Å². The summed E-state index contributed by atoms with van der Waals surface area (Å²) in [7, 11) is -1.01. The Bertz CT molecular complexity index is 445. The zero-order chi connectivity index (χ0) is 12.9. The van der Waals surface area contributed by atoms with Crippen LogP contribution in [0.1, 0.15) is 11.3 Å². The van der Waals surface area contributed by atoms with Gasteiger partial charge in [-0.2, -0.15) is 0 Å². The lowest BCUT2D eigenvalue weighted by Gasteiger charge is -2.15. The molecular formula is C10H17BrN2O2S2. The maximum atomic E-state index is 10.8. The zero-order valence-corrected chi connectivity index (χ0v) is 13.2. The fourth-order valence-electron chi connectivity index (χ4n) is 1.39. The van der Waals surface area contributed by atoms with Crippen molar-refractivity contribution in [2.45, 2.75) is 13.0 Å². The van der Waals surface area contributed by atoms with Gasteiger partial charge in [0.15, 0.2) is 0 Å². The zero-order valence-electron chi connectivity index (χ0n) is 9.94. The van der Waals surface area contributed by atoms with Crippen molar-refractivity contribution >= 4 is 37.3 Å². The van der Waals surface area contributed by atoms with Crippen molar-refractivity contribution in [3.63, 3.8) is 0 Å². The van der Waals surface area contributed by atoms with Gasteiger partial charge in [0.2, 0.25) is 10.0 Å². The van der Waals surface area contributed by atoms with Gasteiger partial charge in [-0.1, -0.05) is 0 Å². The first-order valence-electron chi connectivity index (χ1n) is 5.24. The van der Waals surface area contributed by atoms with E-state index in [2.05, 4.69) is 31.6 Å². The smallest absolute Gasteiger partial charge is 0.208 e. The second kappa shape index (κ2) is 6.84. The van der Waals surface area contributed by atoms with Crippen molar-refractivity contribution in [1.82, 2.24) is 9.62 Å². The molecule has 0 saturated carbocycles. The van der Waals surface area contributed by atoms with Crippen molar-refractivity contribution < 1.29 is 8.42 Å². The fraction of sp³-hybridized carbons (Fsp3) is 0.600. The number of halogens is 1. The predicted octanol–water partition coefficient (Wildman–Crippen LogP) is 1.88. The molecule has 7 heteroatoms. The van der Waals surface area contributed by atoms with E-state index >= 15 is 0 Å². The highest BCUT2D eigenvalue weighted by atomic mass is 79.9. The minimum absolute atomic E-state index is 0.497. The van der Waals surface area contributed by atoms with Crippen LogP contribution in [0.2, 0.25) is 0 Å². The molecule has 0 aliphatic heterocycles. The van der Waals surface area contributed by atoms with Gasteiger partial charge in [0.25, 0.3) is 0 Å². The van der Waals surface area contributed by atoms with Gasteiger partial charge < -0.3 is 4.90 Å². The Balaban J connectivity index is 2.20. The Hall–Kier alpha value is 0.0500. The monoisotopic (exact) mass is 340 g/mol. The van der Waals surface area contributed by atoms with Crippen LogP contribution in [0, 0.1) is 0 Å². The first kappa shape index (κ1) is 15.1. The summed E-state index contributed by atoms with van der Waals surface area (Å²) in [4.78, 5) is 3.48. The molecule has 0 bridgehead atoms. The molecular weight excluding hydrogens is 324 g/mol. The van der Waals surface area contributed by atoms with Gasteiger partial charge >= 0.3 is 0 Å². The molecule has 0 aromatic carbocycles. The molecule has 1 heterocycles. The minimum atomic E-state index is -3.05. The molecule has 17 heavy (non-hydrogen) atoms. The summed E-state index contributed by atoms with van der Waals surface area (Å²) in [5, 5.41) is 0. The van der Waals surface area contributed by atoms with E-state index in [0.717, 1.165) is 23.3 Å². The van der Waals surface area contributed by atoms with Gasteiger partial charge in [-0.05, 0) is 48.1 Å². The molecule has 0 fully saturated rings. The second-order valence-corrected chi connectivity index (χ2v) is 8.34. The lowest BCUT2D eigenvalue weighted by molar-refractivity contribution is 0.325. The minimum Gasteiger partial charge on any atom is -0.301 e. The van der Waals surface area contributed by atoms with Crippen LogP contribution in [0.15, 0.2) is 15.9 Å².